The van der Waals surface area contributed by atoms with Crippen molar-refractivity contribution in [2.45, 2.75) is 0 Å². The number of ether oxygens (including phenoxy) is 1. The number of benzene rings is 1. The molecule has 0 atom stereocenters. The highest BCUT2D eigenvalue weighted by Crippen LogP contribution is 2.29. The maximum Gasteiger partial charge on any atom is 0.119 e. The van der Waals surface area contributed by atoms with Gasteiger partial charge in [-0.05, 0) is 18.2 Å². The fourth-order valence-electron chi connectivity index (χ4n) is 1.24. The Hall–Kier alpha value is -1.29. The van der Waals surface area contributed by atoms with Gasteiger partial charge in [0.25, 0.3) is 0 Å². The third kappa shape index (κ3) is 1.65. The minimum atomic E-state index is 0.831. The first-order chi connectivity index (χ1) is 6.81. The zero-order valence-electron chi connectivity index (χ0n) is 7.62. The first-order valence-electron chi connectivity index (χ1n) is 4.13. The summed E-state index contributed by atoms with van der Waals surface area (Å²) in [6.45, 7) is 0. The molecule has 0 fully saturated rings. The molecule has 14 heavy (non-hydrogen) atoms. The second-order valence-electron chi connectivity index (χ2n) is 2.81. The average Bonchev–Trinajstić information content (AvgIpc) is 2.71. The number of aromatic nitrogens is 2. The molecular formula is C10H9BrN2O. The molecular weight excluding hydrogens is 244 g/mol. The van der Waals surface area contributed by atoms with Crippen molar-refractivity contribution in [3.05, 3.63) is 35.2 Å². The fraction of sp³-hybridized carbons (Fsp3) is 0.100. The highest BCUT2D eigenvalue weighted by Gasteiger charge is 2.05. The molecule has 1 aromatic carbocycles. The van der Waals surface area contributed by atoms with Gasteiger partial charge in [-0.15, -0.1) is 0 Å². The van der Waals surface area contributed by atoms with Crippen molar-refractivity contribution in [2.75, 3.05) is 7.11 Å². The lowest BCUT2D eigenvalue weighted by molar-refractivity contribution is 0.415. The van der Waals surface area contributed by atoms with Crippen LogP contribution in [0.2, 0.25) is 0 Å². The Bertz CT molecular complexity index is 426. The Morgan fingerprint density at radius 1 is 1.43 bits per heavy atom. The lowest BCUT2D eigenvalue weighted by Gasteiger charge is -2.04. The van der Waals surface area contributed by atoms with Crippen LogP contribution in [-0.4, -0.2) is 17.1 Å². The van der Waals surface area contributed by atoms with Gasteiger partial charge in [-0.3, -0.25) is 0 Å². The first-order valence-corrected chi connectivity index (χ1v) is 4.93. The van der Waals surface area contributed by atoms with Crippen LogP contribution in [-0.2, 0) is 0 Å². The lowest BCUT2D eigenvalue weighted by atomic mass is 10.1. The van der Waals surface area contributed by atoms with E-state index in [4.69, 9.17) is 4.74 Å². The van der Waals surface area contributed by atoms with Gasteiger partial charge in [0.05, 0.1) is 25.3 Å². The number of aromatic amines is 1. The predicted octanol–water partition coefficient (Wildman–Crippen LogP) is 2.85. The summed E-state index contributed by atoms with van der Waals surface area (Å²) in [6.07, 6.45) is 3.43. The van der Waals surface area contributed by atoms with Gasteiger partial charge in [0.1, 0.15) is 5.75 Å². The second kappa shape index (κ2) is 3.84. The standard InChI is InChI=1S/C10H9BrN2O/c1-14-7-2-3-9(11)8(4-7)10-5-12-6-13-10/h2-6H,1H3,(H,12,13). The number of hydrogen-bond acceptors (Lipinski definition) is 2. The molecule has 0 aliphatic heterocycles. The maximum atomic E-state index is 5.15. The quantitative estimate of drug-likeness (QED) is 0.893. The topological polar surface area (TPSA) is 37.9 Å². The van der Waals surface area contributed by atoms with E-state index in [-0.39, 0.29) is 0 Å². The van der Waals surface area contributed by atoms with Gasteiger partial charge >= 0.3 is 0 Å². The van der Waals surface area contributed by atoms with Gasteiger partial charge in [-0.25, -0.2) is 4.98 Å². The van der Waals surface area contributed by atoms with E-state index < -0.39 is 0 Å². The van der Waals surface area contributed by atoms with Gasteiger partial charge in [-0.2, -0.15) is 0 Å². The number of imidazole rings is 1. The minimum Gasteiger partial charge on any atom is -0.497 e. The Balaban J connectivity index is 2.51. The number of rotatable bonds is 2. The van der Waals surface area contributed by atoms with Crippen LogP contribution in [0.1, 0.15) is 0 Å². The molecule has 1 aromatic heterocycles. The number of methoxy groups -OCH3 is 1. The Kier molecular flexibility index (Phi) is 2.54. The summed E-state index contributed by atoms with van der Waals surface area (Å²) in [5, 5.41) is 0. The fourth-order valence-corrected chi connectivity index (χ4v) is 1.70. The largest absolute Gasteiger partial charge is 0.497 e. The van der Waals surface area contributed by atoms with E-state index in [1.165, 1.54) is 0 Å². The van der Waals surface area contributed by atoms with Crippen molar-refractivity contribution in [3.63, 3.8) is 0 Å². The summed E-state index contributed by atoms with van der Waals surface area (Å²) in [7, 11) is 1.65. The first kappa shape index (κ1) is 9.27. The molecule has 0 saturated carbocycles. The summed E-state index contributed by atoms with van der Waals surface area (Å²) >= 11 is 3.48. The molecule has 2 rings (SSSR count). The molecule has 0 bridgehead atoms. The molecule has 1 N–H and O–H groups in total. The molecule has 4 heteroatoms. The minimum absolute atomic E-state index is 0.831. The van der Waals surface area contributed by atoms with E-state index in [1.807, 2.05) is 18.2 Å². The molecule has 0 radical (unpaired) electrons. The van der Waals surface area contributed by atoms with Gasteiger partial charge < -0.3 is 9.72 Å². The van der Waals surface area contributed by atoms with E-state index in [2.05, 4.69) is 25.9 Å². The average molecular weight is 253 g/mol. The van der Waals surface area contributed by atoms with E-state index in [0.29, 0.717) is 0 Å². The molecule has 0 saturated heterocycles. The Morgan fingerprint density at radius 3 is 2.93 bits per heavy atom. The summed E-state index contributed by atoms with van der Waals surface area (Å²) in [5.74, 6) is 0.831. The van der Waals surface area contributed by atoms with Gasteiger partial charge in [0.15, 0.2) is 0 Å². The zero-order chi connectivity index (χ0) is 9.97. The SMILES string of the molecule is COc1ccc(Br)c(-c2cnc[nH]2)c1. The highest BCUT2D eigenvalue weighted by atomic mass is 79.9. The number of hydrogen-bond donors (Lipinski definition) is 1. The molecule has 0 aliphatic rings. The van der Waals surface area contributed by atoms with E-state index in [1.54, 1.807) is 19.6 Å². The van der Waals surface area contributed by atoms with E-state index >= 15 is 0 Å². The lowest BCUT2D eigenvalue weighted by Crippen LogP contribution is -1.85. The summed E-state index contributed by atoms with van der Waals surface area (Å²) in [5.41, 5.74) is 2.01. The zero-order valence-corrected chi connectivity index (χ0v) is 9.21. The normalized spacial score (nSPS) is 10.1. The van der Waals surface area contributed by atoms with Crippen molar-refractivity contribution < 1.29 is 4.74 Å². The maximum absolute atomic E-state index is 5.15. The van der Waals surface area contributed by atoms with Crippen molar-refractivity contribution in [1.29, 1.82) is 0 Å². The molecule has 1 heterocycles. The Morgan fingerprint density at radius 2 is 2.29 bits per heavy atom. The Labute approximate surface area is 90.3 Å². The van der Waals surface area contributed by atoms with Crippen molar-refractivity contribution in [2.24, 2.45) is 0 Å². The van der Waals surface area contributed by atoms with Crippen LogP contribution in [0, 0.1) is 0 Å². The van der Waals surface area contributed by atoms with Crippen LogP contribution in [0.4, 0.5) is 0 Å². The summed E-state index contributed by atoms with van der Waals surface area (Å²) in [6, 6.07) is 5.82. The molecule has 3 nitrogen and oxygen atoms in total. The number of halogens is 1. The molecule has 72 valence electrons. The molecule has 2 aromatic rings. The van der Waals surface area contributed by atoms with Gasteiger partial charge in [0.2, 0.25) is 0 Å². The van der Waals surface area contributed by atoms with Gasteiger partial charge in [0, 0.05) is 10.0 Å². The molecule has 0 aliphatic carbocycles. The highest BCUT2D eigenvalue weighted by molar-refractivity contribution is 9.10. The monoisotopic (exact) mass is 252 g/mol. The molecule has 0 spiro atoms. The smallest absolute Gasteiger partial charge is 0.119 e. The van der Waals surface area contributed by atoms with E-state index in [0.717, 1.165) is 21.5 Å². The summed E-state index contributed by atoms with van der Waals surface area (Å²) < 4.78 is 6.17. The van der Waals surface area contributed by atoms with Crippen molar-refractivity contribution in [1.82, 2.24) is 9.97 Å². The van der Waals surface area contributed by atoms with Crippen LogP contribution in [0.25, 0.3) is 11.3 Å². The summed E-state index contributed by atoms with van der Waals surface area (Å²) in [4.78, 5) is 7.03. The van der Waals surface area contributed by atoms with Crippen LogP contribution >= 0.6 is 15.9 Å². The van der Waals surface area contributed by atoms with Crippen molar-refractivity contribution >= 4 is 15.9 Å². The number of nitrogens with zero attached hydrogens (tertiary/aromatic N) is 1. The van der Waals surface area contributed by atoms with Crippen LogP contribution < -0.4 is 4.74 Å². The third-order valence-corrected chi connectivity index (χ3v) is 2.65. The number of H-pyrrole nitrogens is 1. The van der Waals surface area contributed by atoms with Crippen LogP contribution in [0.3, 0.4) is 0 Å². The van der Waals surface area contributed by atoms with Crippen molar-refractivity contribution in [3.8, 4) is 17.0 Å². The molecule has 0 amide bonds. The van der Waals surface area contributed by atoms with Crippen LogP contribution in [0.5, 0.6) is 5.75 Å². The second-order valence-corrected chi connectivity index (χ2v) is 3.67. The van der Waals surface area contributed by atoms with E-state index in [9.17, 15) is 0 Å². The van der Waals surface area contributed by atoms with Crippen LogP contribution in [0.15, 0.2) is 35.2 Å². The number of nitrogens with one attached hydrogen (secondary N) is 1. The third-order valence-electron chi connectivity index (χ3n) is 1.96. The van der Waals surface area contributed by atoms with Gasteiger partial charge in [-0.1, -0.05) is 15.9 Å². The predicted molar refractivity (Wildman–Crippen MR) is 58.3 cm³/mol. The molecule has 0 unspecified atom stereocenters.